The molecule has 1 saturated carbocycles. The molecule has 35 heavy (non-hydrogen) atoms. The first-order valence-electron chi connectivity index (χ1n) is 12.4. The van der Waals surface area contributed by atoms with Crippen LogP contribution in [-0.4, -0.2) is 52.7 Å². The summed E-state index contributed by atoms with van der Waals surface area (Å²) in [6, 6.07) is 4.09. The third-order valence-corrected chi connectivity index (χ3v) is 6.99. The van der Waals surface area contributed by atoms with E-state index in [2.05, 4.69) is 10.6 Å². The third kappa shape index (κ3) is 6.74. The van der Waals surface area contributed by atoms with Crippen molar-refractivity contribution in [2.24, 2.45) is 11.8 Å². The summed E-state index contributed by atoms with van der Waals surface area (Å²) in [7, 11) is 0. The Morgan fingerprint density at radius 1 is 1.14 bits per heavy atom. The van der Waals surface area contributed by atoms with Crippen LogP contribution < -0.4 is 10.6 Å². The number of likely N-dealkylation sites (tertiary alicyclic amines) is 1. The highest BCUT2D eigenvalue weighted by Gasteiger charge is 2.48. The smallest absolute Gasteiger partial charge is 0.243 e. The van der Waals surface area contributed by atoms with Gasteiger partial charge >= 0.3 is 0 Å². The van der Waals surface area contributed by atoms with Crippen molar-refractivity contribution in [2.45, 2.75) is 83.5 Å². The number of hydrogen-bond donors (Lipinski definition) is 3. The van der Waals surface area contributed by atoms with Crippen LogP contribution in [0, 0.1) is 23.1 Å². The van der Waals surface area contributed by atoms with Gasteiger partial charge in [-0.2, -0.15) is 0 Å². The molecule has 0 spiro atoms. The Morgan fingerprint density at radius 2 is 1.83 bits per heavy atom. The van der Waals surface area contributed by atoms with E-state index in [4.69, 9.17) is 5.41 Å². The summed E-state index contributed by atoms with van der Waals surface area (Å²) in [6.07, 6.45) is 5.19. The molecule has 3 amide bonds. The molecule has 2 fully saturated rings. The summed E-state index contributed by atoms with van der Waals surface area (Å²) >= 11 is 0. The summed E-state index contributed by atoms with van der Waals surface area (Å²) in [6.45, 7) is 3.78. The van der Waals surface area contributed by atoms with Gasteiger partial charge in [-0.1, -0.05) is 38.8 Å². The number of ketones is 1. The van der Waals surface area contributed by atoms with Gasteiger partial charge in [0.25, 0.3) is 0 Å². The lowest BCUT2D eigenvalue weighted by Crippen LogP contribution is -2.55. The second-order valence-corrected chi connectivity index (χ2v) is 9.82. The Hall–Kier alpha value is -3.10. The van der Waals surface area contributed by atoms with Crippen molar-refractivity contribution in [3.63, 3.8) is 0 Å². The lowest BCUT2D eigenvalue weighted by Gasteiger charge is -2.35. The van der Waals surface area contributed by atoms with Crippen molar-refractivity contribution >= 4 is 29.7 Å². The summed E-state index contributed by atoms with van der Waals surface area (Å²) < 4.78 is 13.2. The average molecular weight is 487 g/mol. The number of amides is 3. The van der Waals surface area contributed by atoms with Gasteiger partial charge in [-0.15, -0.1) is 0 Å². The SMILES string of the molecule is CC(C)C(=O)N1C2CCCCC2C[C@H]1C(=O)N[C@@H](CCC(=O)C=N)C(=O)NCc1ccc(F)cc1. The fourth-order valence-corrected chi connectivity index (χ4v) is 5.12. The second kappa shape index (κ2) is 12.0. The van der Waals surface area contributed by atoms with E-state index in [1.807, 2.05) is 13.8 Å². The number of fused-ring (bicyclic) bond motifs is 1. The van der Waals surface area contributed by atoms with Gasteiger partial charge in [0, 0.05) is 24.9 Å². The molecule has 4 atom stereocenters. The van der Waals surface area contributed by atoms with Crippen molar-refractivity contribution in [1.29, 1.82) is 5.41 Å². The van der Waals surface area contributed by atoms with Crippen LogP contribution in [-0.2, 0) is 25.7 Å². The number of halogens is 1. The standard InChI is InChI=1S/C26H35FN4O4/c1-16(2)26(35)31-22-6-4-3-5-18(22)13-23(31)25(34)30-21(12-11-20(32)14-28)24(33)29-15-17-7-9-19(27)10-8-17/h7-10,14,16,18,21-23,28H,3-6,11-13,15H2,1-2H3,(H,29,33)(H,30,34)/t18?,21-,22?,23-/m0/s1. The van der Waals surface area contributed by atoms with E-state index in [0.29, 0.717) is 18.2 Å². The van der Waals surface area contributed by atoms with Gasteiger partial charge in [0.1, 0.15) is 17.9 Å². The van der Waals surface area contributed by atoms with E-state index in [1.54, 1.807) is 17.0 Å². The predicted molar refractivity (Wildman–Crippen MR) is 129 cm³/mol. The van der Waals surface area contributed by atoms with Crippen LogP contribution in [0.2, 0.25) is 0 Å². The molecule has 1 aromatic carbocycles. The van der Waals surface area contributed by atoms with Crippen molar-refractivity contribution in [3.8, 4) is 0 Å². The second-order valence-electron chi connectivity index (χ2n) is 9.82. The Kier molecular flexibility index (Phi) is 9.12. The van der Waals surface area contributed by atoms with Gasteiger partial charge in [-0.05, 0) is 49.3 Å². The molecule has 1 aliphatic carbocycles. The lowest BCUT2D eigenvalue weighted by molar-refractivity contribution is -0.144. The summed E-state index contributed by atoms with van der Waals surface area (Å²) in [5.41, 5.74) is 0.689. The maximum atomic E-state index is 13.4. The highest BCUT2D eigenvalue weighted by atomic mass is 19.1. The molecule has 3 rings (SSSR count). The Bertz CT molecular complexity index is 949. The molecule has 190 valence electrons. The number of benzene rings is 1. The zero-order valence-electron chi connectivity index (χ0n) is 20.4. The minimum atomic E-state index is -0.995. The summed E-state index contributed by atoms with van der Waals surface area (Å²) in [5, 5.41) is 12.6. The number of Topliss-reactive ketones (excluding diaryl/α,β-unsaturated/α-hetero) is 1. The zero-order chi connectivity index (χ0) is 25.5. The van der Waals surface area contributed by atoms with Crippen molar-refractivity contribution in [2.75, 3.05) is 0 Å². The molecule has 1 saturated heterocycles. The molecule has 0 radical (unpaired) electrons. The molecular weight excluding hydrogens is 451 g/mol. The first-order chi connectivity index (χ1) is 16.7. The molecular formula is C26H35FN4O4. The van der Waals surface area contributed by atoms with Crippen LogP contribution in [0.15, 0.2) is 24.3 Å². The molecule has 2 unspecified atom stereocenters. The molecule has 1 aliphatic heterocycles. The van der Waals surface area contributed by atoms with Gasteiger partial charge < -0.3 is 20.9 Å². The topological polar surface area (TPSA) is 119 Å². The van der Waals surface area contributed by atoms with Crippen LogP contribution in [0.1, 0.15) is 64.4 Å². The Morgan fingerprint density at radius 3 is 2.49 bits per heavy atom. The van der Waals surface area contributed by atoms with Crippen molar-refractivity contribution in [1.82, 2.24) is 15.5 Å². The number of carbonyl (C=O) groups is 4. The van der Waals surface area contributed by atoms with E-state index in [1.165, 1.54) is 12.1 Å². The normalized spacial score (nSPS) is 22.3. The first-order valence-corrected chi connectivity index (χ1v) is 12.4. The fraction of sp³-hybridized carbons (Fsp3) is 0.577. The molecule has 3 N–H and O–H groups in total. The van der Waals surface area contributed by atoms with E-state index in [-0.39, 0.29) is 49.0 Å². The minimum Gasteiger partial charge on any atom is -0.350 e. The maximum absolute atomic E-state index is 13.4. The van der Waals surface area contributed by atoms with Crippen molar-refractivity contribution < 1.29 is 23.6 Å². The lowest BCUT2D eigenvalue weighted by atomic mass is 9.84. The molecule has 0 bridgehead atoms. The van der Waals surface area contributed by atoms with Crippen LogP contribution in [0.4, 0.5) is 4.39 Å². The molecule has 8 nitrogen and oxygen atoms in total. The molecule has 1 heterocycles. The van der Waals surface area contributed by atoms with E-state index in [9.17, 15) is 23.6 Å². The number of hydrogen-bond acceptors (Lipinski definition) is 5. The van der Waals surface area contributed by atoms with Crippen LogP contribution in [0.3, 0.4) is 0 Å². The number of nitrogens with one attached hydrogen (secondary N) is 3. The molecule has 1 aromatic rings. The number of nitrogens with zero attached hydrogens (tertiary/aromatic N) is 1. The number of rotatable bonds is 10. The minimum absolute atomic E-state index is 0.0346. The molecule has 2 aliphatic rings. The van der Waals surface area contributed by atoms with Gasteiger partial charge in [-0.25, -0.2) is 4.39 Å². The van der Waals surface area contributed by atoms with E-state index >= 15 is 0 Å². The average Bonchev–Trinajstić information content (AvgIpc) is 3.24. The predicted octanol–water partition coefficient (Wildman–Crippen LogP) is 2.74. The van der Waals surface area contributed by atoms with Crippen molar-refractivity contribution in [3.05, 3.63) is 35.6 Å². The summed E-state index contributed by atoms with van der Waals surface area (Å²) in [4.78, 5) is 52.9. The largest absolute Gasteiger partial charge is 0.350 e. The maximum Gasteiger partial charge on any atom is 0.243 e. The first kappa shape index (κ1) is 26.5. The third-order valence-electron chi connectivity index (χ3n) is 6.99. The quantitative estimate of drug-likeness (QED) is 0.441. The highest BCUT2D eigenvalue weighted by molar-refractivity contribution is 6.26. The Labute approximate surface area is 205 Å². The zero-order valence-corrected chi connectivity index (χ0v) is 20.4. The van der Waals surface area contributed by atoms with E-state index in [0.717, 1.165) is 25.7 Å². The highest BCUT2D eigenvalue weighted by Crippen LogP contribution is 2.40. The number of carbonyl (C=O) groups excluding carboxylic acids is 4. The van der Waals surface area contributed by atoms with Gasteiger partial charge in [0.15, 0.2) is 5.78 Å². The molecule has 9 heteroatoms. The van der Waals surface area contributed by atoms with E-state index < -0.39 is 29.7 Å². The molecule has 0 aromatic heterocycles. The monoisotopic (exact) mass is 486 g/mol. The van der Waals surface area contributed by atoms with Crippen LogP contribution >= 0.6 is 0 Å². The van der Waals surface area contributed by atoms with Gasteiger partial charge in [-0.3, -0.25) is 19.2 Å². The Balaban J connectivity index is 1.72. The van der Waals surface area contributed by atoms with Gasteiger partial charge in [0.05, 0.1) is 6.21 Å². The fourth-order valence-electron chi connectivity index (χ4n) is 5.12. The van der Waals surface area contributed by atoms with Gasteiger partial charge in [0.2, 0.25) is 17.7 Å². The summed E-state index contributed by atoms with van der Waals surface area (Å²) in [5.74, 6) is -1.73. The van der Waals surface area contributed by atoms with Crippen LogP contribution in [0.5, 0.6) is 0 Å². The van der Waals surface area contributed by atoms with Crippen LogP contribution in [0.25, 0.3) is 0 Å².